The maximum Gasteiger partial charge on any atom is 0.340 e. The van der Waals surface area contributed by atoms with E-state index >= 15 is 0 Å². The molecule has 2 atom stereocenters. The molecule has 1 saturated heterocycles. The van der Waals surface area contributed by atoms with Crippen LogP contribution in [0.1, 0.15) is 108 Å². The Morgan fingerprint density at radius 2 is 1.72 bits per heavy atom. The lowest BCUT2D eigenvalue weighted by Crippen LogP contribution is -2.61. The molecule has 0 bridgehead atoms. The van der Waals surface area contributed by atoms with E-state index in [2.05, 4.69) is 13.8 Å². The molecule has 0 amide bonds. The van der Waals surface area contributed by atoms with Gasteiger partial charge in [-0.25, -0.2) is 4.79 Å². The lowest BCUT2D eigenvalue weighted by atomic mass is 9.66. The summed E-state index contributed by atoms with van der Waals surface area (Å²) in [5.74, 6) is -0.773. The minimum Gasteiger partial charge on any atom is -0.462 e. The Hall–Kier alpha value is -2.97. The van der Waals surface area contributed by atoms with Crippen LogP contribution in [-0.2, 0) is 20.9 Å². The number of benzene rings is 1. The van der Waals surface area contributed by atoms with Crippen molar-refractivity contribution in [3.8, 4) is 11.1 Å². The van der Waals surface area contributed by atoms with E-state index in [1.165, 1.54) is 17.1 Å². The number of piperidine rings is 1. The number of hydrogen-bond donors (Lipinski definition) is 1. The van der Waals surface area contributed by atoms with Gasteiger partial charge in [0.25, 0.3) is 5.56 Å². The molecule has 236 valence electrons. The van der Waals surface area contributed by atoms with Crippen LogP contribution in [0.4, 0.5) is 0 Å². The first kappa shape index (κ1) is 32.9. The first-order valence-electron chi connectivity index (χ1n) is 16.4. The number of pyridine rings is 1. The van der Waals surface area contributed by atoms with E-state index in [9.17, 15) is 19.5 Å². The van der Waals surface area contributed by atoms with E-state index in [4.69, 9.17) is 9.57 Å². The van der Waals surface area contributed by atoms with Crippen LogP contribution in [0.15, 0.2) is 47.4 Å². The van der Waals surface area contributed by atoms with Gasteiger partial charge in [-0.2, -0.15) is 0 Å². The largest absolute Gasteiger partial charge is 0.462 e. The van der Waals surface area contributed by atoms with E-state index in [1.54, 1.807) is 18.2 Å². The highest BCUT2D eigenvalue weighted by Gasteiger charge is 2.56. The van der Waals surface area contributed by atoms with E-state index in [1.807, 2.05) is 30.3 Å². The fourth-order valence-electron chi connectivity index (χ4n) is 7.09. The number of nitrogens with zero attached hydrogens (tertiary/aromatic N) is 2. The minimum absolute atomic E-state index is 0.0605. The van der Waals surface area contributed by atoms with Gasteiger partial charge in [0.1, 0.15) is 0 Å². The molecule has 2 heterocycles. The smallest absolute Gasteiger partial charge is 0.340 e. The topological polar surface area (TPSA) is 98.1 Å². The average Bonchev–Trinajstić information content (AvgIpc) is 3.48. The van der Waals surface area contributed by atoms with Crippen LogP contribution in [0.25, 0.3) is 11.1 Å². The molecule has 2 unspecified atom stereocenters. The van der Waals surface area contributed by atoms with Crippen molar-refractivity contribution in [1.82, 2.24) is 9.63 Å². The average molecular weight is 595 g/mol. The zero-order valence-electron chi connectivity index (χ0n) is 26.3. The molecule has 1 spiro atoms. The number of aromatic nitrogens is 1. The molecule has 0 radical (unpaired) electrons. The van der Waals surface area contributed by atoms with Crippen molar-refractivity contribution in [2.24, 2.45) is 11.3 Å². The van der Waals surface area contributed by atoms with Crippen LogP contribution in [0.5, 0.6) is 0 Å². The third-order valence-corrected chi connectivity index (χ3v) is 9.54. The van der Waals surface area contributed by atoms with E-state index in [-0.39, 0.29) is 30.6 Å². The lowest BCUT2D eigenvalue weighted by Gasteiger charge is -2.51. The second kappa shape index (κ2) is 15.2. The molecule has 8 heteroatoms. The number of hydroxylamine groups is 2. The normalized spacial score (nSPS) is 20.7. The summed E-state index contributed by atoms with van der Waals surface area (Å²) in [7, 11) is 0. The molecular formula is C35H50N2O6. The summed E-state index contributed by atoms with van der Waals surface area (Å²) in [5.41, 5.74) is -0.436. The number of ether oxygens (including phenoxy) is 1. The third-order valence-electron chi connectivity index (χ3n) is 9.54. The molecule has 2 aliphatic rings. The molecule has 1 N–H and O–H groups in total. The van der Waals surface area contributed by atoms with E-state index in [0.29, 0.717) is 30.6 Å². The van der Waals surface area contributed by atoms with E-state index < -0.39 is 17.0 Å². The summed E-state index contributed by atoms with van der Waals surface area (Å²) >= 11 is 0. The zero-order valence-corrected chi connectivity index (χ0v) is 26.3. The lowest BCUT2D eigenvalue weighted by molar-refractivity contribution is -0.242. The van der Waals surface area contributed by atoms with Crippen molar-refractivity contribution >= 4 is 11.9 Å². The summed E-state index contributed by atoms with van der Waals surface area (Å²) in [6.07, 6.45) is 12.5. The van der Waals surface area contributed by atoms with Crippen molar-refractivity contribution in [1.29, 1.82) is 0 Å². The Kier molecular flexibility index (Phi) is 11.6. The molecule has 2 fully saturated rings. The first-order chi connectivity index (χ1) is 20.8. The Morgan fingerprint density at radius 3 is 2.40 bits per heavy atom. The monoisotopic (exact) mass is 594 g/mol. The van der Waals surface area contributed by atoms with Gasteiger partial charge in [-0.05, 0) is 44.6 Å². The van der Waals surface area contributed by atoms with Gasteiger partial charge in [0.15, 0.2) is 0 Å². The maximum atomic E-state index is 13.5. The molecule has 43 heavy (non-hydrogen) atoms. The number of aliphatic hydroxyl groups is 1. The molecule has 1 aromatic heterocycles. The molecule has 1 aromatic carbocycles. The van der Waals surface area contributed by atoms with Crippen LogP contribution < -0.4 is 5.56 Å². The van der Waals surface area contributed by atoms with Crippen molar-refractivity contribution in [2.45, 2.75) is 110 Å². The number of esters is 1. The molecule has 4 rings (SSSR count). The number of carbonyl (C=O) groups excluding carboxylic acids is 2. The Labute approximate surface area is 256 Å². The van der Waals surface area contributed by atoms with Crippen molar-refractivity contribution in [3.63, 3.8) is 0 Å². The highest BCUT2D eigenvalue weighted by Crippen LogP contribution is 2.51. The van der Waals surface area contributed by atoms with Gasteiger partial charge in [0, 0.05) is 36.3 Å². The van der Waals surface area contributed by atoms with Crippen LogP contribution >= 0.6 is 0 Å². The highest BCUT2D eigenvalue weighted by atomic mass is 16.7. The second-order valence-corrected chi connectivity index (χ2v) is 12.5. The van der Waals surface area contributed by atoms with Gasteiger partial charge < -0.3 is 19.2 Å². The molecule has 1 aliphatic carbocycles. The van der Waals surface area contributed by atoms with Crippen LogP contribution in [0.2, 0.25) is 0 Å². The fourth-order valence-corrected chi connectivity index (χ4v) is 7.09. The standard InChI is InChI=1S/C35H50N2O6/c1-4-7-8-10-18-28(15-5-2)32(39)43-37-22-21-35(41,34(25-37)19-13-14-20-34)26-36-24-30(33(40)42-6-3)29(23-31(36)38)27-16-11-9-12-17-27/h9,11-12,16-17,23-24,28,41H,4-8,10,13-15,18-22,25-26H2,1-3H3. The molecule has 8 nitrogen and oxygen atoms in total. The van der Waals surface area contributed by atoms with Gasteiger partial charge in [-0.1, -0.05) is 89.1 Å². The first-order valence-corrected chi connectivity index (χ1v) is 16.4. The SMILES string of the molecule is CCCCCCC(CCC)C(=O)ON1CCC(O)(Cn2cc(C(=O)OCC)c(-c3ccccc3)cc2=O)C2(CCCC2)C1. The van der Waals surface area contributed by atoms with Crippen LogP contribution in [-0.4, -0.2) is 52.0 Å². The summed E-state index contributed by atoms with van der Waals surface area (Å²) in [6, 6.07) is 10.8. The summed E-state index contributed by atoms with van der Waals surface area (Å²) in [4.78, 5) is 45.7. The van der Waals surface area contributed by atoms with E-state index in [0.717, 1.165) is 69.8 Å². The number of carbonyl (C=O) groups is 2. The van der Waals surface area contributed by atoms with Crippen LogP contribution in [0, 0.1) is 11.3 Å². The molecule has 1 aliphatic heterocycles. The van der Waals surface area contributed by atoms with Gasteiger partial charge in [-0.15, -0.1) is 5.06 Å². The fraction of sp³-hybridized carbons (Fsp3) is 0.629. The number of hydrogen-bond acceptors (Lipinski definition) is 7. The van der Waals surface area contributed by atoms with Gasteiger partial charge in [-0.3, -0.25) is 9.59 Å². The summed E-state index contributed by atoms with van der Waals surface area (Å²) in [6.45, 7) is 7.13. The second-order valence-electron chi connectivity index (χ2n) is 12.5. The molecule has 2 aromatic rings. The van der Waals surface area contributed by atoms with Gasteiger partial charge in [0.05, 0.1) is 30.2 Å². The predicted octanol–water partition coefficient (Wildman–Crippen LogP) is 6.53. The van der Waals surface area contributed by atoms with Crippen molar-refractivity contribution in [2.75, 3.05) is 19.7 Å². The minimum atomic E-state index is -1.20. The van der Waals surface area contributed by atoms with Crippen LogP contribution in [0.3, 0.4) is 0 Å². The highest BCUT2D eigenvalue weighted by molar-refractivity contribution is 5.96. The van der Waals surface area contributed by atoms with Crippen molar-refractivity contribution in [3.05, 3.63) is 58.5 Å². The Morgan fingerprint density at radius 1 is 0.977 bits per heavy atom. The Balaban J connectivity index is 1.55. The zero-order chi connectivity index (χ0) is 30.9. The summed E-state index contributed by atoms with van der Waals surface area (Å²) in [5, 5.41) is 14.1. The van der Waals surface area contributed by atoms with Gasteiger partial charge >= 0.3 is 11.9 Å². The molecular weight excluding hydrogens is 544 g/mol. The van der Waals surface area contributed by atoms with Crippen molar-refractivity contribution < 1.29 is 24.3 Å². The maximum absolute atomic E-state index is 13.5. The van der Waals surface area contributed by atoms with Gasteiger partial charge in [0.2, 0.25) is 0 Å². The third kappa shape index (κ3) is 7.76. The number of rotatable bonds is 14. The number of unbranched alkanes of at least 4 members (excludes halogenated alkanes) is 3. The Bertz CT molecular complexity index is 1270. The predicted molar refractivity (Wildman–Crippen MR) is 167 cm³/mol. The molecule has 1 saturated carbocycles. The summed E-state index contributed by atoms with van der Waals surface area (Å²) < 4.78 is 6.81. The quantitative estimate of drug-likeness (QED) is 0.196.